The summed E-state index contributed by atoms with van der Waals surface area (Å²) in [6.45, 7) is 4.54. The zero-order valence-corrected chi connectivity index (χ0v) is 18.5. The fraction of sp³-hybridized carbons (Fsp3) is 0.231. The van der Waals surface area contributed by atoms with E-state index < -0.39 is 0 Å². The standard InChI is InChI=1S/C26H24ClN3O2/c27-22-11-5-4-9-20(22)18-30-25(31)21-10-6-12-23(24(21)26(30)32)29-15-13-28(14-16-29)17-19-7-2-1-3-8-19/h1-12H,13-18H2. The van der Waals surface area contributed by atoms with Crippen molar-refractivity contribution >= 4 is 29.1 Å². The Balaban J connectivity index is 1.33. The van der Waals surface area contributed by atoms with E-state index in [0.29, 0.717) is 16.1 Å². The van der Waals surface area contributed by atoms with Gasteiger partial charge in [-0.15, -0.1) is 0 Å². The Kier molecular flexibility index (Phi) is 5.68. The summed E-state index contributed by atoms with van der Waals surface area (Å²) in [6, 6.07) is 23.3. The summed E-state index contributed by atoms with van der Waals surface area (Å²) >= 11 is 6.27. The highest BCUT2D eigenvalue weighted by molar-refractivity contribution is 6.31. The first-order valence-corrected chi connectivity index (χ1v) is 11.2. The van der Waals surface area contributed by atoms with E-state index in [4.69, 9.17) is 11.6 Å². The Morgan fingerprint density at radius 3 is 2.19 bits per heavy atom. The van der Waals surface area contributed by atoms with Gasteiger partial charge in [0.25, 0.3) is 11.8 Å². The lowest BCUT2D eigenvalue weighted by Crippen LogP contribution is -2.46. The highest BCUT2D eigenvalue weighted by Crippen LogP contribution is 2.34. The molecule has 3 aromatic carbocycles. The van der Waals surface area contributed by atoms with E-state index in [0.717, 1.165) is 44.0 Å². The van der Waals surface area contributed by atoms with Crippen LogP contribution in [0.1, 0.15) is 31.8 Å². The van der Waals surface area contributed by atoms with Gasteiger partial charge < -0.3 is 4.90 Å². The van der Waals surface area contributed by atoms with E-state index in [-0.39, 0.29) is 18.4 Å². The van der Waals surface area contributed by atoms with Crippen LogP contribution in [0, 0.1) is 0 Å². The molecule has 2 amide bonds. The third-order valence-electron chi connectivity index (χ3n) is 6.23. The summed E-state index contributed by atoms with van der Waals surface area (Å²) in [4.78, 5) is 32.3. The molecule has 5 nitrogen and oxygen atoms in total. The fourth-order valence-corrected chi connectivity index (χ4v) is 4.70. The fourth-order valence-electron chi connectivity index (χ4n) is 4.51. The Bertz CT molecular complexity index is 1160. The van der Waals surface area contributed by atoms with E-state index in [2.05, 4.69) is 34.1 Å². The Morgan fingerprint density at radius 2 is 1.44 bits per heavy atom. The molecular weight excluding hydrogens is 422 g/mol. The van der Waals surface area contributed by atoms with Crippen molar-refractivity contribution in [1.29, 1.82) is 0 Å². The molecule has 0 bridgehead atoms. The number of benzene rings is 3. The molecule has 3 aromatic rings. The van der Waals surface area contributed by atoms with Gasteiger partial charge in [0.05, 0.1) is 23.4 Å². The van der Waals surface area contributed by atoms with E-state index in [1.165, 1.54) is 10.5 Å². The first-order chi connectivity index (χ1) is 15.6. The van der Waals surface area contributed by atoms with Gasteiger partial charge in [-0.1, -0.05) is 66.2 Å². The third kappa shape index (κ3) is 3.90. The average molecular weight is 446 g/mol. The van der Waals surface area contributed by atoms with Gasteiger partial charge in [0.1, 0.15) is 0 Å². The van der Waals surface area contributed by atoms with Gasteiger partial charge in [-0.05, 0) is 29.3 Å². The minimum absolute atomic E-state index is 0.177. The van der Waals surface area contributed by atoms with Crippen molar-refractivity contribution in [3.8, 4) is 0 Å². The molecule has 0 N–H and O–H groups in total. The molecular formula is C26H24ClN3O2. The number of piperazine rings is 1. The van der Waals surface area contributed by atoms with Crippen LogP contribution in [0.2, 0.25) is 5.02 Å². The number of carbonyl (C=O) groups is 2. The van der Waals surface area contributed by atoms with Crippen molar-refractivity contribution in [3.63, 3.8) is 0 Å². The summed E-state index contributed by atoms with van der Waals surface area (Å²) < 4.78 is 0. The first-order valence-electron chi connectivity index (χ1n) is 10.9. The monoisotopic (exact) mass is 445 g/mol. The lowest BCUT2D eigenvalue weighted by atomic mass is 10.1. The van der Waals surface area contributed by atoms with E-state index in [1.807, 2.05) is 36.4 Å². The molecule has 0 aromatic heterocycles. The first kappa shape index (κ1) is 20.7. The third-order valence-corrected chi connectivity index (χ3v) is 6.59. The van der Waals surface area contributed by atoms with Gasteiger partial charge in [-0.2, -0.15) is 0 Å². The normalized spacial score (nSPS) is 16.5. The molecule has 5 rings (SSSR count). The van der Waals surface area contributed by atoms with E-state index in [1.54, 1.807) is 12.1 Å². The van der Waals surface area contributed by atoms with Crippen LogP contribution in [0.25, 0.3) is 0 Å². The predicted octanol–water partition coefficient (Wildman–Crippen LogP) is 4.46. The van der Waals surface area contributed by atoms with Crippen LogP contribution in [-0.2, 0) is 13.1 Å². The van der Waals surface area contributed by atoms with Gasteiger partial charge in [-0.3, -0.25) is 19.4 Å². The predicted molar refractivity (Wildman–Crippen MR) is 126 cm³/mol. The second kappa shape index (κ2) is 8.77. The molecule has 0 unspecified atom stereocenters. The number of fused-ring (bicyclic) bond motifs is 1. The maximum atomic E-state index is 13.3. The number of hydrogen-bond acceptors (Lipinski definition) is 4. The van der Waals surface area contributed by atoms with Crippen LogP contribution in [-0.4, -0.2) is 47.8 Å². The zero-order valence-electron chi connectivity index (χ0n) is 17.7. The zero-order chi connectivity index (χ0) is 22.1. The molecule has 0 saturated carbocycles. The van der Waals surface area contributed by atoms with E-state index in [9.17, 15) is 9.59 Å². The summed E-state index contributed by atoms with van der Waals surface area (Å²) in [7, 11) is 0. The maximum Gasteiger partial charge on any atom is 0.263 e. The lowest BCUT2D eigenvalue weighted by molar-refractivity contribution is 0.0642. The average Bonchev–Trinajstić information content (AvgIpc) is 3.07. The number of carbonyl (C=O) groups excluding carboxylic acids is 2. The van der Waals surface area contributed by atoms with Crippen LogP contribution in [0.4, 0.5) is 5.69 Å². The van der Waals surface area contributed by atoms with Crippen molar-refractivity contribution in [2.45, 2.75) is 13.1 Å². The van der Waals surface area contributed by atoms with Crippen molar-refractivity contribution in [3.05, 3.63) is 100 Å². The van der Waals surface area contributed by atoms with Gasteiger partial charge in [-0.25, -0.2) is 0 Å². The molecule has 32 heavy (non-hydrogen) atoms. The topological polar surface area (TPSA) is 43.9 Å². The molecule has 0 aliphatic carbocycles. The van der Waals surface area contributed by atoms with E-state index >= 15 is 0 Å². The van der Waals surface area contributed by atoms with Crippen LogP contribution in [0.15, 0.2) is 72.8 Å². The highest BCUT2D eigenvalue weighted by Gasteiger charge is 2.39. The number of amides is 2. The van der Waals surface area contributed by atoms with Gasteiger partial charge in [0.2, 0.25) is 0 Å². The molecule has 0 atom stereocenters. The molecule has 6 heteroatoms. The quantitative estimate of drug-likeness (QED) is 0.544. The maximum absolute atomic E-state index is 13.3. The smallest absolute Gasteiger partial charge is 0.263 e. The Hall–Kier alpha value is -3.15. The Morgan fingerprint density at radius 1 is 0.719 bits per heavy atom. The largest absolute Gasteiger partial charge is 0.368 e. The molecule has 162 valence electrons. The van der Waals surface area contributed by atoms with Crippen molar-refractivity contribution in [2.24, 2.45) is 0 Å². The number of nitrogens with zero attached hydrogens (tertiary/aromatic N) is 3. The summed E-state index contributed by atoms with van der Waals surface area (Å²) in [5, 5.41) is 0.554. The summed E-state index contributed by atoms with van der Waals surface area (Å²) in [5.41, 5.74) is 3.91. The van der Waals surface area contributed by atoms with Crippen LogP contribution >= 0.6 is 11.6 Å². The molecule has 2 heterocycles. The molecule has 1 saturated heterocycles. The Labute approximate surface area is 192 Å². The molecule has 2 aliphatic rings. The van der Waals surface area contributed by atoms with Crippen LogP contribution < -0.4 is 4.90 Å². The highest BCUT2D eigenvalue weighted by atomic mass is 35.5. The summed E-state index contributed by atoms with van der Waals surface area (Å²) in [6.07, 6.45) is 0. The lowest BCUT2D eigenvalue weighted by Gasteiger charge is -2.36. The number of rotatable bonds is 5. The number of imide groups is 1. The van der Waals surface area contributed by atoms with Crippen LogP contribution in [0.3, 0.4) is 0 Å². The number of halogens is 1. The van der Waals surface area contributed by atoms with Crippen molar-refractivity contribution < 1.29 is 9.59 Å². The molecule has 0 radical (unpaired) electrons. The minimum atomic E-state index is -0.255. The second-order valence-corrected chi connectivity index (χ2v) is 8.64. The minimum Gasteiger partial charge on any atom is -0.368 e. The molecule has 0 spiro atoms. The molecule has 2 aliphatic heterocycles. The summed E-state index contributed by atoms with van der Waals surface area (Å²) in [5.74, 6) is -0.498. The van der Waals surface area contributed by atoms with Crippen LogP contribution in [0.5, 0.6) is 0 Å². The number of hydrogen-bond donors (Lipinski definition) is 0. The SMILES string of the molecule is O=C1c2cccc(N3CCN(Cc4ccccc4)CC3)c2C(=O)N1Cc1ccccc1Cl. The van der Waals surface area contributed by atoms with Gasteiger partial charge in [0, 0.05) is 37.7 Å². The van der Waals surface area contributed by atoms with Crippen molar-refractivity contribution in [1.82, 2.24) is 9.80 Å². The van der Waals surface area contributed by atoms with Crippen molar-refractivity contribution in [2.75, 3.05) is 31.1 Å². The van der Waals surface area contributed by atoms with Gasteiger partial charge >= 0.3 is 0 Å². The number of anilines is 1. The van der Waals surface area contributed by atoms with Gasteiger partial charge in [0.15, 0.2) is 0 Å². The molecule has 1 fully saturated rings. The second-order valence-electron chi connectivity index (χ2n) is 8.24.